The van der Waals surface area contributed by atoms with Gasteiger partial charge in [-0.25, -0.2) is 0 Å². The second-order valence-electron chi connectivity index (χ2n) is 8.91. The summed E-state index contributed by atoms with van der Waals surface area (Å²) in [7, 11) is 0. The third-order valence-electron chi connectivity index (χ3n) is 6.48. The second-order valence-corrected chi connectivity index (χ2v) is 8.91. The van der Waals surface area contributed by atoms with Crippen LogP contribution in [0.25, 0.3) is 0 Å². The number of rotatable bonds is 1. The molecule has 0 aromatic rings. The first-order valence-electron chi connectivity index (χ1n) is 8.63. The minimum Gasteiger partial charge on any atom is -0.309 e. The van der Waals surface area contributed by atoms with Gasteiger partial charge in [0.05, 0.1) is 0 Å². The molecule has 1 heterocycles. The van der Waals surface area contributed by atoms with Crippen molar-refractivity contribution in [1.82, 2.24) is 5.32 Å². The lowest BCUT2D eigenvalue weighted by Crippen LogP contribution is -2.43. The van der Waals surface area contributed by atoms with Gasteiger partial charge in [-0.15, -0.1) is 0 Å². The highest BCUT2D eigenvalue weighted by atomic mass is 15.0. The Hall–Kier alpha value is -0.0400. The minimum atomic E-state index is 0.362. The van der Waals surface area contributed by atoms with Crippen molar-refractivity contribution in [3.05, 3.63) is 0 Å². The Labute approximate surface area is 119 Å². The van der Waals surface area contributed by atoms with Gasteiger partial charge in [0.15, 0.2) is 0 Å². The summed E-state index contributed by atoms with van der Waals surface area (Å²) in [6.07, 6.45) is 7.46. The van der Waals surface area contributed by atoms with Gasteiger partial charge in [-0.3, -0.25) is 0 Å². The molecule has 2 aliphatic carbocycles. The normalized spacial score (nSPS) is 53.2. The zero-order chi connectivity index (χ0) is 13.8. The van der Waals surface area contributed by atoms with Crippen LogP contribution in [0.3, 0.4) is 0 Å². The third kappa shape index (κ3) is 2.60. The van der Waals surface area contributed by atoms with Gasteiger partial charge in [0.2, 0.25) is 0 Å². The molecule has 3 rings (SSSR count). The lowest BCUT2D eigenvalue weighted by atomic mass is 9.56. The van der Waals surface area contributed by atoms with E-state index in [1.807, 2.05) is 0 Å². The summed E-state index contributed by atoms with van der Waals surface area (Å²) in [5, 5.41) is 3.85. The Balaban J connectivity index is 1.79. The first-order valence-corrected chi connectivity index (χ1v) is 8.63. The fourth-order valence-electron chi connectivity index (χ4n) is 6.25. The van der Waals surface area contributed by atoms with E-state index in [1.54, 1.807) is 6.42 Å². The highest BCUT2D eigenvalue weighted by Gasteiger charge is 2.48. The number of hydrogen-bond acceptors (Lipinski definition) is 1. The summed E-state index contributed by atoms with van der Waals surface area (Å²) >= 11 is 0. The van der Waals surface area contributed by atoms with Gasteiger partial charge in [-0.1, -0.05) is 13.8 Å². The van der Waals surface area contributed by atoms with Gasteiger partial charge in [0.25, 0.3) is 0 Å². The Morgan fingerprint density at radius 1 is 0.947 bits per heavy atom. The SMILES string of the molecule is CC1CC2CC(C)C(C3CC(C)(C)NC3C)C(C1)C2. The van der Waals surface area contributed by atoms with Crippen molar-refractivity contribution in [1.29, 1.82) is 0 Å². The van der Waals surface area contributed by atoms with Crippen molar-refractivity contribution in [2.75, 3.05) is 0 Å². The van der Waals surface area contributed by atoms with Crippen molar-refractivity contribution in [2.24, 2.45) is 35.5 Å². The maximum atomic E-state index is 3.85. The standard InChI is InChI=1S/C18H33N/c1-11-6-14-8-12(2)17(15(7-11)9-14)16-10-18(4,5)19-13(16)3/h11-17,19H,6-10H2,1-5H3. The van der Waals surface area contributed by atoms with Gasteiger partial charge >= 0.3 is 0 Å². The molecule has 1 saturated heterocycles. The van der Waals surface area contributed by atoms with Gasteiger partial charge in [-0.2, -0.15) is 0 Å². The predicted molar refractivity (Wildman–Crippen MR) is 82.0 cm³/mol. The molecular formula is C18H33N. The number of fused-ring (bicyclic) bond motifs is 2. The molecule has 7 atom stereocenters. The van der Waals surface area contributed by atoms with Crippen LogP contribution in [0.1, 0.15) is 66.7 Å². The molecule has 7 unspecified atom stereocenters. The molecule has 1 nitrogen and oxygen atoms in total. The van der Waals surface area contributed by atoms with Crippen LogP contribution >= 0.6 is 0 Å². The maximum absolute atomic E-state index is 3.85. The largest absolute Gasteiger partial charge is 0.309 e. The van der Waals surface area contributed by atoms with Crippen molar-refractivity contribution < 1.29 is 0 Å². The lowest BCUT2D eigenvalue weighted by Gasteiger charge is -2.49. The van der Waals surface area contributed by atoms with E-state index < -0.39 is 0 Å². The molecule has 0 aromatic heterocycles. The summed E-state index contributed by atoms with van der Waals surface area (Å²) in [6, 6.07) is 0.719. The molecular weight excluding hydrogens is 230 g/mol. The Kier molecular flexibility index (Phi) is 3.48. The van der Waals surface area contributed by atoms with Crippen molar-refractivity contribution >= 4 is 0 Å². The molecule has 3 fully saturated rings. The van der Waals surface area contributed by atoms with Gasteiger partial charge < -0.3 is 5.32 Å². The first-order chi connectivity index (χ1) is 8.85. The molecule has 0 amide bonds. The number of nitrogens with one attached hydrogen (secondary N) is 1. The molecule has 1 heteroatoms. The molecule has 1 aliphatic heterocycles. The summed E-state index contributed by atoms with van der Waals surface area (Å²) < 4.78 is 0. The smallest absolute Gasteiger partial charge is 0.0131 e. The van der Waals surface area contributed by atoms with Gasteiger partial charge in [0.1, 0.15) is 0 Å². The highest BCUT2D eigenvalue weighted by molar-refractivity contribution is 5.02. The summed E-state index contributed by atoms with van der Waals surface area (Å²) in [6.45, 7) is 12.3. The van der Waals surface area contributed by atoms with Crippen LogP contribution in [-0.4, -0.2) is 11.6 Å². The quantitative estimate of drug-likeness (QED) is 0.736. The molecule has 19 heavy (non-hydrogen) atoms. The van der Waals surface area contributed by atoms with Gasteiger partial charge in [0, 0.05) is 11.6 Å². The highest BCUT2D eigenvalue weighted by Crippen LogP contribution is 2.53. The van der Waals surface area contributed by atoms with E-state index in [4.69, 9.17) is 0 Å². The van der Waals surface area contributed by atoms with Crippen LogP contribution in [-0.2, 0) is 0 Å². The Morgan fingerprint density at radius 3 is 2.32 bits per heavy atom. The summed E-state index contributed by atoms with van der Waals surface area (Å²) in [4.78, 5) is 0. The third-order valence-corrected chi connectivity index (χ3v) is 6.48. The van der Waals surface area contributed by atoms with E-state index >= 15 is 0 Å². The topological polar surface area (TPSA) is 12.0 Å². The Bertz CT molecular complexity index is 331. The van der Waals surface area contributed by atoms with Crippen LogP contribution in [0.2, 0.25) is 0 Å². The van der Waals surface area contributed by atoms with E-state index in [9.17, 15) is 0 Å². The molecule has 0 aromatic carbocycles. The van der Waals surface area contributed by atoms with Crippen molar-refractivity contribution in [3.8, 4) is 0 Å². The fourth-order valence-corrected chi connectivity index (χ4v) is 6.25. The van der Waals surface area contributed by atoms with E-state index in [0.717, 1.165) is 41.5 Å². The summed E-state index contributed by atoms with van der Waals surface area (Å²) in [5.74, 6) is 5.93. The zero-order valence-corrected chi connectivity index (χ0v) is 13.6. The van der Waals surface area contributed by atoms with Crippen molar-refractivity contribution in [2.45, 2.75) is 78.3 Å². The fraction of sp³-hybridized carbons (Fsp3) is 1.00. The van der Waals surface area contributed by atoms with Crippen LogP contribution in [0.5, 0.6) is 0 Å². The van der Waals surface area contributed by atoms with Crippen LogP contribution < -0.4 is 5.32 Å². The lowest BCUT2D eigenvalue weighted by molar-refractivity contribution is 0.00965. The monoisotopic (exact) mass is 263 g/mol. The van der Waals surface area contributed by atoms with E-state index in [2.05, 4.69) is 39.9 Å². The molecule has 2 saturated carbocycles. The molecule has 3 aliphatic rings. The molecule has 0 spiro atoms. The number of hydrogen-bond donors (Lipinski definition) is 1. The first kappa shape index (κ1) is 13.9. The van der Waals surface area contributed by atoms with E-state index in [0.29, 0.717) is 5.54 Å². The predicted octanol–water partition coefficient (Wildman–Crippen LogP) is 4.47. The maximum Gasteiger partial charge on any atom is 0.0131 e. The van der Waals surface area contributed by atoms with Crippen LogP contribution in [0.15, 0.2) is 0 Å². The Morgan fingerprint density at radius 2 is 1.68 bits per heavy atom. The second kappa shape index (κ2) is 4.76. The molecule has 2 bridgehead atoms. The van der Waals surface area contributed by atoms with Crippen LogP contribution in [0.4, 0.5) is 0 Å². The zero-order valence-electron chi connectivity index (χ0n) is 13.6. The molecule has 0 radical (unpaired) electrons. The average molecular weight is 263 g/mol. The molecule has 1 N–H and O–H groups in total. The van der Waals surface area contributed by atoms with Crippen LogP contribution in [0, 0.1) is 35.5 Å². The minimum absolute atomic E-state index is 0.362. The van der Waals surface area contributed by atoms with E-state index in [-0.39, 0.29) is 0 Å². The van der Waals surface area contributed by atoms with E-state index in [1.165, 1.54) is 25.7 Å². The summed E-state index contributed by atoms with van der Waals surface area (Å²) in [5.41, 5.74) is 0.362. The van der Waals surface area contributed by atoms with Gasteiger partial charge in [-0.05, 0) is 88.4 Å². The average Bonchev–Trinajstić information content (AvgIpc) is 2.50. The molecule has 110 valence electrons. The van der Waals surface area contributed by atoms with Crippen molar-refractivity contribution in [3.63, 3.8) is 0 Å².